The number of amides is 1. The maximum Gasteiger partial charge on any atom is 0.416 e. The number of methoxy groups -OCH3 is 1. The van der Waals surface area contributed by atoms with Crippen molar-refractivity contribution >= 4 is 5.91 Å². The second-order valence-corrected chi connectivity index (χ2v) is 4.97. The Labute approximate surface area is 120 Å². The van der Waals surface area contributed by atoms with Gasteiger partial charge in [-0.25, -0.2) is 0 Å². The van der Waals surface area contributed by atoms with Crippen LogP contribution >= 0.6 is 0 Å². The molecule has 1 aliphatic rings. The van der Waals surface area contributed by atoms with E-state index in [2.05, 4.69) is 10.6 Å². The van der Waals surface area contributed by atoms with Gasteiger partial charge in [0.1, 0.15) is 0 Å². The van der Waals surface area contributed by atoms with Crippen LogP contribution in [0.2, 0.25) is 0 Å². The molecule has 2 rings (SSSR count). The number of rotatable bonds is 4. The minimum Gasteiger partial charge on any atom is -0.380 e. The first-order valence-corrected chi connectivity index (χ1v) is 6.60. The number of halogens is 3. The molecule has 7 heteroatoms. The highest BCUT2D eigenvalue weighted by Crippen LogP contribution is 2.29. The van der Waals surface area contributed by atoms with E-state index < -0.39 is 11.7 Å². The number of carbonyl (C=O) groups is 1. The first kappa shape index (κ1) is 15.8. The third kappa shape index (κ3) is 4.18. The van der Waals surface area contributed by atoms with Gasteiger partial charge in [-0.1, -0.05) is 12.1 Å². The summed E-state index contributed by atoms with van der Waals surface area (Å²) in [6, 6.07) is 4.43. The highest BCUT2D eigenvalue weighted by molar-refractivity contribution is 5.82. The van der Waals surface area contributed by atoms with Crippen LogP contribution in [-0.2, 0) is 22.3 Å². The summed E-state index contributed by atoms with van der Waals surface area (Å²) < 4.78 is 42.4. The molecule has 1 heterocycles. The van der Waals surface area contributed by atoms with Crippen LogP contribution in [0.4, 0.5) is 13.2 Å². The molecule has 0 bridgehead atoms. The molecule has 0 aliphatic carbocycles. The van der Waals surface area contributed by atoms with Crippen molar-refractivity contribution in [1.82, 2.24) is 10.6 Å². The van der Waals surface area contributed by atoms with Crippen LogP contribution in [0.1, 0.15) is 17.5 Å². The van der Waals surface area contributed by atoms with E-state index >= 15 is 0 Å². The summed E-state index contributed by atoms with van der Waals surface area (Å²) in [7, 11) is 1.59. The lowest BCUT2D eigenvalue weighted by Gasteiger charge is -2.12. The van der Waals surface area contributed by atoms with Crippen LogP contribution in [0.25, 0.3) is 0 Å². The molecule has 1 fully saturated rings. The third-order valence-electron chi connectivity index (χ3n) is 3.49. The fourth-order valence-corrected chi connectivity index (χ4v) is 2.21. The number of hydrogen-bond acceptors (Lipinski definition) is 3. The lowest BCUT2D eigenvalue weighted by Crippen LogP contribution is -2.40. The Hall–Kier alpha value is -1.60. The topological polar surface area (TPSA) is 50.4 Å². The lowest BCUT2D eigenvalue weighted by atomic mass is 10.1. The van der Waals surface area contributed by atoms with Crippen molar-refractivity contribution in [3.8, 4) is 0 Å². The molecular formula is C14H17F3N2O2. The summed E-state index contributed by atoms with van der Waals surface area (Å²) in [5.74, 6) is -0.172. The summed E-state index contributed by atoms with van der Waals surface area (Å²) in [6.07, 6.45) is -3.73. The standard InChI is InChI=1S/C14H17F3N2O2/c1-21-11-6-12(18-8-11)13(20)19-7-9-2-4-10(5-3-9)14(15,16)17/h2-5,11-12,18H,6-8H2,1H3,(H,19,20). The van der Waals surface area contributed by atoms with Crippen LogP contribution in [-0.4, -0.2) is 31.7 Å². The Morgan fingerprint density at radius 2 is 2.05 bits per heavy atom. The van der Waals surface area contributed by atoms with E-state index in [1.54, 1.807) is 7.11 Å². The van der Waals surface area contributed by atoms with Crippen LogP contribution in [0, 0.1) is 0 Å². The van der Waals surface area contributed by atoms with Crippen molar-refractivity contribution in [2.24, 2.45) is 0 Å². The molecule has 116 valence electrons. The number of alkyl halides is 3. The monoisotopic (exact) mass is 302 g/mol. The van der Waals surface area contributed by atoms with E-state index in [-0.39, 0.29) is 24.6 Å². The van der Waals surface area contributed by atoms with Crippen molar-refractivity contribution < 1.29 is 22.7 Å². The molecule has 2 atom stereocenters. The minimum atomic E-state index is -4.34. The molecule has 1 aliphatic heterocycles. The summed E-state index contributed by atoms with van der Waals surface area (Å²) in [5.41, 5.74) is -0.0735. The van der Waals surface area contributed by atoms with Gasteiger partial charge in [0.2, 0.25) is 5.91 Å². The summed E-state index contributed by atoms with van der Waals surface area (Å²) in [6.45, 7) is 0.821. The Morgan fingerprint density at radius 1 is 1.38 bits per heavy atom. The van der Waals surface area contributed by atoms with Gasteiger partial charge in [-0.15, -0.1) is 0 Å². The minimum absolute atomic E-state index is 0.0202. The van der Waals surface area contributed by atoms with Gasteiger partial charge < -0.3 is 15.4 Å². The molecule has 1 aromatic carbocycles. The predicted molar refractivity (Wildman–Crippen MR) is 70.5 cm³/mol. The zero-order valence-electron chi connectivity index (χ0n) is 11.5. The third-order valence-corrected chi connectivity index (χ3v) is 3.49. The van der Waals surface area contributed by atoms with Crippen LogP contribution in [0.5, 0.6) is 0 Å². The highest BCUT2D eigenvalue weighted by atomic mass is 19.4. The Morgan fingerprint density at radius 3 is 2.57 bits per heavy atom. The van der Waals surface area contributed by atoms with Crippen molar-refractivity contribution in [2.45, 2.75) is 31.3 Å². The fourth-order valence-electron chi connectivity index (χ4n) is 2.21. The van der Waals surface area contributed by atoms with Gasteiger partial charge in [0, 0.05) is 20.2 Å². The second-order valence-electron chi connectivity index (χ2n) is 4.97. The van der Waals surface area contributed by atoms with Gasteiger partial charge >= 0.3 is 6.18 Å². The molecule has 0 saturated carbocycles. The van der Waals surface area contributed by atoms with E-state index in [1.165, 1.54) is 12.1 Å². The van der Waals surface area contributed by atoms with Gasteiger partial charge in [0.15, 0.2) is 0 Å². The van der Waals surface area contributed by atoms with Gasteiger partial charge in [-0.2, -0.15) is 13.2 Å². The quantitative estimate of drug-likeness (QED) is 0.890. The first-order chi connectivity index (χ1) is 9.90. The van der Waals surface area contributed by atoms with E-state index in [4.69, 9.17) is 4.74 Å². The van der Waals surface area contributed by atoms with E-state index in [0.717, 1.165) is 12.1 Å². The maximum absolute atomic E-state index is 12.4. The van der Waals surface area contributed by atoms with E-state index in [1.807, 2.05) is 0 Å². The average Bonchev–Trinajstić information content (AvgIpc) is 2.93. The lowest BCUT2D eigenvalue weighted by molar-refractivity contribution is -0.137. The largest absolute Gasteiger partial charge is 0.416 e. The highest BCUT2D eigenvalue weighted by Gasteiger charge is 2.30. The number of benzene rings is 1. The Kier molecular flexibility index (Phi) is 4.84. The maximum atomic E-state index is 12.4. The zero-order chi connectivity index (χ0) is 15.5. The average molecular weight is 302 g/mol. The summed E-state index contributed by atoms with van der Waals surface area (Å²) in [5, 5.41) is 5.74. The van der Waals surface area contributed by atoms with Crippen molar-refractivity contribution in [1.29, 1.82) is 0 Å². The van der Waals surface area contributed by atoms with Crippen molar-refractivity contribution in [3.05, 3.63) is 35.4 Å². The van der Waals surface area contributed by atoms with Crippen LogP contribution in [0.3, 0.4) is 0 Å². The zero-order valence-corrected chi connectivity index (χ0v) is 11.5. The first-order valence-electron chi connectivity index (χ1n) is 6.60. The van der Waals surface area contributed by atoms with E-state index in [9.17, 15) is 18.0 Å². The molecule has 1 aromatic rings. The molecule has 0 spiro atoms. The molecule has 21 heavy (non-hydrogen) atoms. The summed E-state index contributed by atoms with van der Waals surface area (Å²) >= 11 is 0. The number of nitrogens with one attached hydrogen (secondary N) is 2. The predicted octanol–water partition coefficient (Wildman–Crippen LogP) is 1.70. The van der Waals surface area contributed by atoms with E-state index in [0.29, 0.717) is 18.5 Å². The Bertz CT molecular complexity index is 488. The van der Waals surface area contributed by atoms with Crippen molar-refractivity contribution in [2.75, 3.05) is 13.7 Å². The molecule has 2 N–H and O–H groups in total. The normalized spacial score (nSPS) is 22.3. The molecule has 1 saturated heterocycles. The molecular weight excluding hydrogens is 285 g/mol. The molecule has 4 nitrogen and oxygen atoms in total. The Balaban J connectivity index is 1.84. The summed E-state index contributed by atoms with van der Waals surface area (Å²) in [4.78, 5) is 11.9. The number of carbonyl (C=O) groups excluding carboxylic acids is 1. The van der Waals surface area contributed by atoms with Crippen molar-refractivity contribution in [3.63, 3.8) is 0 Å². The van der Waals surface area contributed by atoms with Gasteiger partial charge in [-0.05, 0) is 24.1 Å². The number of hydrogen-bond donors (Lipinski definition) is 2. The van der Waals surface area contributed by atoms with Gasteiger partial charge in [0.05, 0.1) is 17.7 Å². The SMILES string of the molecule is COC1CNC(C(=O)NCc2ccc(C(F)(F)F)cc2)C1. The number of ether oxygens (including phenoxy) is 1. The molecule has 0 radical (unpaired) electrons. The smallest absolute Gasteiger partial charge is 0.380 e. The molecule has 2 unspecified atom stereocenters. The fraction of sp³-hybridized carbons (Fsp3) is 0.500. The van der Waals surface area contributed by atoms with Gasteiger partial charge in [0.25, 0.3) is 0 Å². The van der Waals surface area contributed by atoms with Gasteiger partial charge in [-0.3, -0.25) is 4.79 Å². The second kappa shape index (κ2) is 6.44. The van der Waals surface area contributed by atoms with Crippen LogP contribution in [0.15, 0.2) is 24.3 Å². The molecule has 0 aromatic heterocycles. The molecule has 1 amide bonds. The van der Waals surface area contributed by atoms with Crippen LogP contribution < -0.4 is 10.6 Å².